The van der Waals surface area contributed by atoms with Gasteiger partial charge in [0.15, 0.2) is 0 Å². The number of carbonyl (C=O) groups is 2. The zero-order valence-corrected chi connectivity index (χ0v) is 12.8. The number of esters is 1. The summed E-state index contributed by atoms with van der Waals surface area (Å²) in [5, 5.41) is 2.38. The Morgan fingerprint density at radius 2 is 1.81 bits per heavy atom. The molecule has 3 nitrogen and oxygen atoms in total. The van der Waals surface area contributed by atoms with E-state index >= 15 is 0 Å². The van der Waals surface area contributed by atoms with E-state index in [-0.39, 0.29) is 11.8 Å². The lowest BCUT2D eigenvalue weighted by molar-refractivity contribution is -0.140. The van der Waals surface area contributed by atoms with Gasteiger partial charge in [-0.05, 0) is 29.3 Å². The van der Waals surface area contributed by atoms with E-state index in [2.05, 4.69) is 29.0 Å². The van der Waals surface area contributed by atoms with E-state index in [1.807, 2.05) is 18.2 Å². The summed E-state index contributed by atoms with van der Waals surface area (Å²) in [5.41, 5.74) is 0. The third-order valence-electron chi connectivity index (χ3n) is 3.18. The van der Waals surface area contributed by atoms with E-state index in [1.165, 1.54) is 17.9 Å². The second-order valence-electron chi connectivity index (χ2n) is 4.77. The Labute approximate surface area is 128 Å². The third-order valence-corrected chi connectivity index (χ3v) is 4.24. The Morgan fingerprint density at radius 3 is 2.57 bits per heavy atom. The second kappa shape index (κ2) is 7.84. The maximum atomic E-state index is 11.8. The van der Waals surface area contributed by atoms with Crippen molar-refractivity contribution in [3.8, 4) is 0 Å². The number of thioether (sulfide) groups is 1. The van der Waals surface area contributed by atoms with Crippen LogP contribution < -0.4 is 0 Å². The van der Waals surface area contributed by atoms with Crippen molar-refractivity contribution >= 4 is 34.3 Å². The summed E-state index contributed by atoms with van der Waals surface area (Å²) >= 11 is 1.54. The number of carbonyl (C=O) groups excluding carboxylic acids is 2. The van der Waals surface area contributed by atoms with Crippen LogP contribution in [0.1, 0.15) is 19.3 Å². The Kier molecular flexibility index (Phi) is 5.81. The summed E-state index contributed by atoms with van der Waals surface area (Å²) in [6.07, 6.45) is 1.29. The molecule has 0 aromatic heterocycles. The molecule has 0 aliphatic rings. The topological polar surface area (TPSA) is 43.4 Å². The van der Waals surface area contributed by atoms with E-state index in [0.717, 1.165) is 4.90 Å². The molecule has 0 spiro atoms. The Bertz CT molecular complexity index is 637. The highest BCUT2D eigenvalue weighted by molar-refractivity contribution is 8.00. The molecule has 0 radical (unpaired) electrons. The highest BCUT2D eigenvalue weighted by Crippen LogP contribution is 2.24. The van der Waals surface area contributed by atoms with E-state index in [9.17, 15) is 9.59 Å². The average Bonchev–Trinajstić information content (AvgIpc) is 2.52. The lowest BCUT2D eigenvalue weighted by Gasteiger charge is -2.04. The molecule has 0 heterocycles. The van der Waals surface area contributed by atoms with Gasteiger partial charge >= 0.3 is 5.97 Å². The molecule has 0 saturated carbocycles. The van der Waals surface area contributed by atoms with Gasteiger partial charge in [-0.25, -0.2) is 0 Å². The molecule has 21 heavy (non-hydrogen) atoms. The smallest absolute Gasteiger partial charge is 0.305 e. The number of Topliss-reactive ketones (excluding diaryl/α,β-unsaturated/α-hetero) is 1. The van der Waals surface area contributed by atoms with Gasteiger partial charge in [0.2, 0.25) is 0 Å². The fourth-order valence-electron chi connectivity index (χ4n) is 2.03. The zero-order chi connectivity index (χ0) is 15.1. The molecule has 0 amide bonds. The number of benzene rings is 2. The van der Waals surface area contributed by atoms with Crippen LogP contribution in [0.25, 0.3) is 10.8 Å². The fraction of sp³-hybridized carbons (Fsp3) is 0.294. The van der Waals surface area contributed by atoms with Crippen molar-refractivity contribution in [3.63, 3.8) is 0 Å². The van der Waals surface area contributed by atoms with Crippen molar-refractivity contribution in [1.82, 2.24) is 0 Å². The van der Waals surface area contributed by atoms with Gasteiger partial charge in [0.25, 0.3) is 0 Å². The lowest BCUT2D eigenvalue weighted by atomic mass is 10.1. The number of fused-ring (bicyclic) bond motifs is 1. The van der Waals surface area contributed by atoms with Crippen LogP contribution in [-0.4, -0.2) is 24.6 Å². The predicted molar refractivity (Wildman–Crippen MR) is 85.5 cm³/mol. The van der Waals surface area contributed by atoms with Gasteiger partial charge in [-0.3, -0.25) is 9.59 Å². The lowest BCUT2D eigenvalue weighted by Crippen LogP contribution is -2.05. The Balaban J connectivity index is 1.81. The maximum absolute atomic E-state index is 11.8. The Hall–Kier alpha value is -1.81. The van der Waals surface area contributed by atoms with Crippen molar-refractivity contribution in [2.24, 2.45) is 0 Å². The molecule has 0 saturated heterocycles. The molecule has 0 N–H and O–H groups in total. The highest BCUT2D eigenvalue weighted by Gasteiger charge is 2.06. The molecule has 0 atom stereocenters. The van der Waals surface area contributed by atoms with Crippen LogP contribution in [0.15, 0.2) is 47.4 Å². The monoisotopic (exact) mass is 302 g/mol. The highest BCUT2D eigenvalue weighted by atomic mass is 32.2. The van der Waals surface area contributed by atoms with Gasteiger partial charge in [0.05, 0.1) is 12.9 Å². The van der Waals surface area contributed by atoms with Crippen molar-refractivity contribution in [2.75, 3.05) is 12.9 Å². The van der Waals surface area contributed by atoms with Crippen LogP contribution >= 0.6 is 11.8 Å². The minimum atomic E-state index is -0.259. The van der Waals surface area contributed by atoms with Gasteiger partial charge in [0, 0.05) is 17.7 Å². The standard InChI is InChI=1S/C17H18O3S/c1-20-17(19)8-4-7-15(18)12-21-16-10-9-13-5-2-3-6-14(13)11-16/h2-3,5-6,9-11H,4,7-8,12H2,1H3. The van der Waals surface area contributed by atoms with Crippen LogP contribution in [0.5, 0.6) is 0 Å². The first-order valence-electron chi connectivity index (χ1n) is 6.89. The van der Waals surface area contributed by atoms with Crippen LogP contribution in [0.3, 0.4) is 0 Å². The van der Waals surface area contributed by atoms with Gasteiger partial charge < -0.3 is 4.74 Å². The van der Waals surface area contributed by atoms with Crippen molar-refractivity contribution in [2.45, 2.75) is 24.2 Å². The van der Waals surface area contributed by atoms with Crippen molar-refractivity contribution < 1.29 is 14.3 Å². The molecule has 0 fully saturated rings. The number of hydrogen-bond acceptors (Lipinski definition) is 4. The molecule has 0 unspecified atom stereocenters. The number of rotatable bonds is 7. The predicted octanol–water partition coefficient (Wildman–Crippen LogP) is 3.84. The molecule has 110 valence electrons. The number of ketones is 1. The Morgan fingerprint density at radius 1 is 1.05 bits per heavy atom. The normalized spacial score (nSPS) is 10.5. The minimum Gasteiger partial charge on any atom is -0.469 e. The molecule has 2 aromatic rings. The van der Waals surface area contributed by atoms with E-state index < -0.39 is 0 Å². The average molecular weight is 302 g/mol. The van der Waals surface area contributed by atoms with Gasteiger partial charge in [-0.1, -0.05) is 30.3 Å². The molecule has 2 rings (SSSR count). The van der Waals surface area contributed by atoms with Gasteiger partial charge in [-0.2, -0.15) is 0 Å². The summed E-state index contributed by atoms with van der Waals surface area (Å²) in [7, 11) is 1.36. The summed E-state index contributed by atoms with van der Waals surface area (Å²) in [4.78, 5) is 23.8. The summed E-state index contributed by atoms with van der Waals surface area (Å²) < 4.78 is 4.55. The SMILES string of the molecule is COC(=O)CCCC(=O)CSc1ccc2ccccc2c1. The van der Waals surface area contributed by atoms with Crippen molar-refractivity contribution in [3.05, 3.63) is 42.5 Å². The molecule has 0 aliphatic heterocycles. The molecule has 4 heteroatoms. The van der Waals surface area contributed by atoms with E-state index in [4.69, 9.17) is 0 Å². The largest absolute Gasteiger partial charge is 0.469 e. The first-order chi connectivity index (χ1) is 10.2. The molecule has 0 aliphatic carbocycles. The molecule has 2 aromatic carbocycles. The molecular weight excluding hydrogens is 284 g/mol. The van der Waals surface area contributed by atoms with Crippen LogP contribution in [0, 0.1) is 0 Å². The van der Waals surface area contributed by atoms with Gasteiger partial charge in [-0.15, -0.1) is 11.8 Å². The van der Waals surface area contributed by atoms with Crippen LogP contribution in [0.4, 0.5) is 0 Å². The second-order valence-corrected chi connectivity index (χ2v) is 5.81. The first kappa shape index (κ1) is 15.6. The minimum absolute atomic E-state index is 0.164. The summed E-state index contributed by atoms with van der Waals surface area (Å²) in [6.45, 7) is 0. The van der Waals surface area contributed by atoms with E-state index in [0.29, 0.717) is 25.0 Å². The van der Waals surface area contributed by atoms with Crippen molar-refractivity contribution in [1.29, 1.82) is 0 Å². The zero-order valence-electron chi connectivity index (χ0n) is 12.0. The van der Waals surface area contributed by atoms with Gasteiger partial charge in [0.1, 0.15) is 5.78 Å². The number of hydrogen-bond donors (Lipinski definition) is 0. The molecular formula is C17H18O3S. The maximum Gasteiger partial charge on any atom is 0.305 e. The summed E-state index contributed by atoms with van der Waals surface area (Å²) in [5.74, 6) is 0.349. The quantitative estimate of drug-likeness (QED) is 0.575. The number of ether oxygens (including phenoxy) is 1. The van der Waals surface area contributed by atoms with Crippen LogP contribution in [0.2, 0.25) is 0 Å². The first-order valence-corrected chi connectivity index (χ1v) is 7.88. The van der Waals surface area contributed by atoms with E-state index in [1.54, 1.807) is 11.8 Å². The summed E-state index contributed by atoms with van der Waals surface area (Å²) in [6, 6.07) is 14.4. The third kappa shape index (κ3) is 4.90. The van der Waals surface area contributed by atoms with Crippen LogP contribution in [-0.2, 0) is 14.3 Å². The number of methoxy groups -OCH3 is 1. The molecule has 0 bridgehead atoms. The fourth-order valence-corrected chi connectivity index (χ4v) is 2.87.